The number of carbonyl (C=O) groups excluding carboxylic acids is 2. The average molecular weight is 376 g/mol. The summed E-state index contributed by atoms with van der Waals surface area (Å²) in [5.41, 5.74) is 0.774. The number of fused-ring (bicyclic) bond motifs is 5. The van der Waals surface area contributed by atoms with E-state index in [1.807, 2.05) is 0 Å². The van der Waals surface area contributed by atoms with Crippen molar-refractivity contribution < 1.29 is 24.5 Å². The number of allylic oxidation sites excluding steroid dienone is 2. The Morgan fingerprint density at radius 3 is 2.67 bits per heavy atom. The van der Waals surface area contributed by atoms with E-state index in [1.54, 1.807) is 7.11 Å². The van der Waals surface area contributed by atoms with E-state index in [-0.39, 0.29) is 42.0 Å². The van der Waals surface area contributed by atoms with Crippen molar-refractivity contribution in [1.29, 1.82) is 0 Å². The van der Waals surface area contributed by atoms with Gasteiger partial charge < -0.3 is 14.9 Å². The number of ether oxygens (including phenoxy) is 1. The lowest BCUT2D eigenvalue weighted by atomic mass is 9.47. The van der Waals surface area contributed by atoms with Gasteiger partial charge in [-0.2, -0.15) is 0 Å². The molecule has 0 spiro atoms. The van der Waals surface area contributed by atoms with Gasteiger partial charge in [0.15, 0.2) is 11.6 Å². The van der Waals surface area contributed by atoms with E-state index < -0.39 is 11.6 Å². The van der Waals surface area contributed by atoms with Gasteiger partial charge in [-0.1, -0.05) is 25.5 Å². The zero-order valence-electron chi connectivity index (χ0n) is 16.7. The minimum absolute atomic E-state index is 0.0124. The first kappa shape index (κ1) is 19.3. The Balaban J connectivity index is 1.64. The van der Waals surface area contributed by atoms with Crippen LogP contribution in [0.25, 0.3) is 0 Å². The van der Waals surface area contributed by atoms with Crippen molar-refractivity contribution in [2.24, 2.45) is 34.5 Å². The molecule has 4 aliphatic rings. The molecule has 0 amide bonds. The quantitative estimate of drug-likeness (QED) is 0.584. The molecule has 0 aliphatic heterocycles. The number of ketones is 2. The van der Waals surface area contributed by atoms with Crippen LogP contribution in [0.3, 0.4) is 0 Å². The molecule has 4 rings (SSSR count). The highest BCUT2D eigenvalue weighted by atomic mass is 16.5. The van der Waals surface area contributed by atoms with Gasteiger partial charge in [0.05, 0.1) is 0 Å². The molecular formula is C22H32O5. The Hall–Kier alpha value is -1.04. The molecule has 0 heterocycles. The highest BCUT2D eigenvalue weighted by Crippen LogP contribution is 2.66. The number of methoxy groups -OCH3 is 1. The van der Waals surface area contributed by atoms with Crippen molar-refractivity contribution in [2.75, 3.05) is 13.7 Å². The van der Waals surface area contributed by atoms with Crippen LogP contribution in [-0.4, -0.2) is 41.3 Å². The predicted molar refractivity (Wildman–Crippen MR) is 99.6 cm³/mol. The van der Waals surface area contributed by atoms with Gasteiger partial charge in [0.2, 0.25) is 5.79 Å². The van der Waals surface area contributed by atoms with E-state index in [9.17, 15) is 19.8 Å². The smallest absolute Gasteiger partial charge is 0.225 e. The number of Topliss-reactive ketones (excluding diaryl/α,β-unsaturated/α-hetero) is 2. The Morgan fingerprint density at radius 1 is 1.22 bits per heavy atom. The Kier molecular flexibility index (Phi) is 4.45. The van der Waals surface area contributed by atoms with Crippen LogP contribution in [0, 0.1) is 34.5 Å². The molecule has 6 atom stereocenters. The first-order chi connectivity index (χ1) is 12.6. The van der Waals surface area contributed by atoms with Crippen LogP contribution in [0.15, 0.2) is 11.6 Å². The van der Waals surface area contributed by atoms with E-state index in [1.165, 1.54) is 0 Å². The fraction of sp³-hybridized carbons (Fsp3) is 0.818. The third-order valence-corrected chi connectivity index (χ3v) is 8.71. The molecule has 3 saturated carbocycles. The summed E-state index contributed by atoms with van der Waals surface area (Å²) in [5, 5.41) is 20.5. The van der Waals surface area contributed by atoms with Crippen LogP contribution in [0.1, 0.15) is 58.8 Å². The second-order valence-electron chi connectivity index (χ2n) is 9.93. The molecule has 5 heteroatoms. The van der Waals surface area contributed by atoms with Crippen LogP contribution >= 0.6 is 0 Å². The molecule has 0 unspecified atom stereocenters. The molecule has 0 aromatic heterocycles. The summed E-state index contributed by atoms with van der Waals surface area (Å²) >= 11 is 0. The molecule has 0 aromatic rings. The summed E-state index contributed by atoms with van der Waals surface area (Å²) in [7, 11) is 1.58. The third-order valence-electron chi connectivity index (χ3n) is 8.71. The maximum Gasteiger partial charge on any atom is 0.225 e. The van der Waals surface area contributed by atoms with E-state index in [2.05, 4.69) is 19.9 Å². The largest absolute Gasteiger partial charge is 0.377 e. The van der Waals surface area contributed by atoms with Gasteiger partial charge in [0.1, 0.15) is 6.61 Å². The van der Waals surface area contributed by atoms with Crippen molar-refractivity contribution in [2.45, 2.75) is 64.6 Å². The normalized spacial score (nSPS) is 45.5. The Bertz CT molecular complexity index is 695. The zero-order chi connectivity index (χ0) is 19.6. The van der Waals surface area contributed by atoms with Crippen molar-refractivity contribution in [3.05, 3.63) is 11.6 Å². The molecule has 27 heavy (non-hydrogen) atoms. The maximum absolute atomic E-state index is 12.6. The van der Waals surface area contributed by atoms with Crippen LogP contribution in [0.4, 0.5) is 0 Å². The molecule has 2 N–H and O–H groups in total. The molecule has 4 aliphatic carbocycles. The molecule has 0 bridgehead atoms. The topological polar surface area (TPSA) is 83.8 Å². The van der Waals surface area contributed by atoms with E-state index in [0.29, 0.717) is 17.8 Å². The monoisotopic (exact) mass is 376 g/mol. The van der Waals surface area contributed by atoms with Crippen LogP contribution in [0.5, 0.6) is 0 Å². The molecule has 5 nitrogen and oxygen atoms in total. The van der Waals surface area contributed by atoms with Gasteiger partial charge in [0.25, 0.3) is 0 Å². The van der Waals surface area contributed by atoms with Gasteiger partial charge in [-0.15, -0.1) is 0 Å². The average Bonchev–Trinajstić information content (AvgIpc) is 2.93. The number of hydrogen-bond donors (Lipinski definition) is 2. The fourth-order valence-electron chi connectivity index (χ4n) is 7.37. The van der Waals surface area contributed by atoms with Crippen LogP contribution in [0.2, 0.25) is 0 Å². The van der Waals surface area contributed by atoms with Gasteiger partial charge in [0, 0.05) is 25.9 Å². The van der Waals surface area contributed by atoms with Crippen molar-refractivity contribution in [3.8, 4) is 0 Å². The lowest BCUT2D eigenvalue weighted by Crippen LogP contribution is -2.56. The zero-order valence-corrected chi connectivity index (χ0v) is 16.7. The third kappa shape index (κ3) is 2.69. The summed E-state index contributed by atoms with van der Waals surface area (Å²) in [4.78, 5) is 24.7. The highest BCUT2D eigenvalue weighted by molar-refractivity contribution is 5.89. The van der Waals surface area contributed by atoms with E-state index in [4.69, 9.17) is 4.74 Å². The highest BCUT2D eigenvalue weighted by Gasteiger charge is 2.62. The van der Waals surface area contributed by atoms with Crippen molar-refractivity contribution in [1.82, 2.24) is 0 Å². The second-order valence-corrected chi connectivity index (χ2v) is 9.93. The number of carbonyl (C=O) groups is 2. The summed E-state index contributed by atoms with van der Waals surface area (Å²) < 4.78 is 5.12. The molecule has 0 radical (unpaired) electrons. The summed E-state index contributed by atoms with van der Waals surface area (Å²) in [6.45, 7) is 4.60. The van der Waals surface area contributed by atoms with E-state index >= 15 is 0 Å². The number of rotatable bonds is 3. The number of hydrogen-bond acceptors (Lipinski definition) is 5. The van der Waals surface area contributed by atoms with Crippen LogP contribution < -0.4 is 0 Å². The standard InChI is InChI=1S/C22H32O5/c1-20-9-8-16-14(15(20)6-7-17(20)18(23)11-27-3)5-4-13-10-19(24)22(25,26)12-21(13,16)2/h4,14-17,25-26H,5-12H2,1-3H3/t14-,15-,16-,17+,20-,21-/m0/s1. The SMILES string of the molecule is COCC(=O)[C@H]1CC[C@H]2[C@@H]3CC=C4CC(=O)C(O)(O)C[C@]4(C)[C@H]3CC[C@]12C. The molecule has 150 valence electrons. The summed E-state index contributed by atoms with van der Waals surface area (Å²) in [5.74, 6) is -1.11. The molecular weight excluding hydrogens is 344 g/mol. The maximum atomic E-state index is 12.6. The fourth-order valence-corrected chi connectivity index (χ4v) is 7.37. The van der Waals surface area contributed by atoms with E-state index in [0.717, 1.165) is 37.7 Å². The summed E-state index contributed by atoms with van der Waals surface area (Å²) in [6, 6.07) is 0. The lowest BCUT2D eigenvalue weighted by Gasteiger charge is -2.58. The first-order valence-corrected chi connectivity index (χ1v) is 10.3. The van der Waals surface area contributed by atoms with Gasteiger partial charge in [-0.3, -0.25) is 9.59 Å². The van der Waals surface area contributed by atoms with Crippen LogP contribution in [-0.2, 0) is 14.3 Å². The Labute approximate surface area is 161 Å². The Morgan fingerprint density at radius 2 is 1.96 bits per heavy atom. The van der Waals surface area contributed by atoms with Gasteiger partial charge >= 0.3 is 0 Å². The molecule has 3 fully saturated rings. The van der Waals surface area contributed by atoms with Crippen molar-refractivity contribution in [3.63, 3.8) is 0 Å². The molecule has 0 saturated heterocycles. The minimum Gasteiger partial charge on any atom is -0.377 e. The number of aliphatic hydroxyl groups is 2. The van der Waals surface area contributed by atoms with Crippen molar-refractivity contribution >= 4 is 11.6 Å². The minimum atomic E-state index is -2.21. The first-order valence-electron chi connectivity index (χ1n) is 10.3. The van der Waals surface area contributed by atoms with Gasteiger partial charge in [-0.05, 0) is 60.7 Å². The second kappa shape index (κ2) is 6.23. The summed E-state index contributed by atoms with van der Waals surface area (Å²) in [6.07, 6.45) is 7.35. The molecule has 0 aromatic carbocycles. The lowest BCUT2D eigenvalue weighted by molar-refractivity contribution is -0.205. The van der Waals surface area contributed by atoms with Gasteiger partial charge in [-0.25, -0.2) is 0 Å². The predicted octanol–water partition coefficient (Wildman–Crippen LogP) is 2.64.